The molecule has 1 heterocycles. The van der Waals surface area contributed by atoms with Crippen molar-refractivity contribution < 1.29 is 4.42 Å². The zero-order chi connectivity index (χ0) is 10.8. The molecule has 14 heavy (non-hydrogen) atoms. The molecule has 1 aromatic heterocycles. The van der Waals surface area contributed by atoms with Crippen molar-refractivity contribution in [3.05, 3.63) is 23.7 Å². The maximum Gasteiger partial charge on any atom is 0.109 e. The number of aryl methyl sites for hydroxylation is 1. The monoisotopic (exact) mass is 194 g/mol. The minimum Gasteiger partial charge on any atom is -0.466 e. The zero-order valence-corrected chi connectivity index (χ0v) is 10.1. The summed E-state index contributed by atoms with van der Waals surface area (Å²) in [7, 11) is 0. The maximum atomic E-state index is 5.80. The van der Waals surface area contributed by atoms with Gasteiger partial charge in [0.15, 0.2) is 0 Å². The summed E-state index contributed by atoms with van der Waals surface area (Å²) in [4.78, 5) is 0. The van der Waals surface area contributed by atoms with Gasteiger partial charge in [-0.2, -0.15) is 0 Å². The van der Waals surface area contributed by atoms with Crippen molar-refractivity contribution in [1.29, 1.82) is 0 Å². The second-order valence-corrected chi connectivity index (χ2v) is 5.45. The third-order valence-corrected chi connectivity index (χ3v) is 2.37. The van der Waals surface area contributed by atoms with E-state index in [-0.39, 0.29) is 5.41 Å². The first-order valence-corrected chi connectivity index (χ1v) is 5.49. The molecular weight excluding hydrogens is 172 g/mol. The molecule has 0 atom stereocenters. The first-order chi connectivity index (χ1) is 6.39. The molecular formula is C13H22O. The van der Waals surface area contributed by atoms with Gasteiger partial charge in [0.25, 0.3) is 0 Å². The van der Waals surface area contributed by atoms with E-state index < -0.39 is 0 Å². The standard InChI is InChI=1S/C13H22O/c1-10(2)6-7-11-8-9-12(14-11)13(3,4)5/h8-10H,6-7H2,1-5H3. The highest BCUT2D eigenvalue weighted by atomic mass is 16.3. The van der Waals surface area contributed by atoms with E-state index in [1.54, 1.807) is 0 Å². The minimum atomic E-state index is 0.135. The molecule has 0 radical (unpaired) electrons. The van der Waals surface area contributed by atoms with Crippen LogP contribution in [-0.2, 0) is 11.8 Å². The minimum absolute atomic E-state index is 0.135. The van der Waals surface area contributed by atoms with Crippen LogP contribution >= 0.6 is 0 Å². The number of hydrogen-bond donors (Lipinski definition) is 0. The lowest BCUT2D eigenvalue weighted by atomic mass is 9.94. The van der Waals surface area contributed by atoms with E-state index in [2.05, 4.69) is 46.8 Å². The van der Waals surface area contributed by atoms with Crippen LogP contribution in [0.5, 0.6) is 0 Å². The van der Waals surface area contributed by atoms with E-state index in [1.807, 2.05) is 0 Å². The summed E-state index contributed by atoms with van der Waals surface area (Å²) in [5, 5.41) is 0. The second-order valence-electron chi connectivity index (χ2n) is 5.45. The number of rotatable bonds is 3. The average Bonchev–Trinajstić information content (AvgIpc) is 2.47. The molecule has 0 N–H and O–H groups in total. The van der Waals surface area contributed by atoms with Gasteiger partial charge >= 0.3 is 0 Å². The third-order valence-electron chi connectivity index (χ3n) is 2.37. The quantitative estimate of drug-likeness (QED) is 0.704. The Labute approximate surface area is 87.5 Å². The largest absolute Gasteiger partial charge is 0.466 e. The van der Waals surface area contributed by atoms with Gasteiger partial charge in [0.1, 0.15) is 11.5 Å². The van der Waals surface area contributed by atoms with Crippen LogP contribution in [0.25, 0.3) is 0 Å². The molecule has 1 nitrogen and oxygen atoms in total. The van der Waals surface area contributed by atoms with Crippen LogP contribution < -0.4 is 0 Å². The Morgan fingerprint density at radius 1 is 1.21 bits per heavy atom. The van der Waals surface area contributed by atoms with Gasteiger partial charge in [-0.15, -0.1) is 0 Å². The third kappa shape index (κ3) is 3.21. The molecule has 1 heteroatoms. The van der Waals surface area contributed by atoms with Crippen molar-refractivity contribution in [3.8, 4) is 0 Å². The first-order valence-electron chi connectivity index (χ1n) is 5.49. The molecule has 0 unspecified atom stereocenters. The Balaban J connectivity index is 2.60. The van der Waals surface area contributed by atoms with Crippen molar-refractivity contribution >= 4 is 0 Å². The summed E-state index contributed by atoms with van der Waals surface area (Å²) in [5.41, 5.74) is 0.135. The summed E-state index contributed by atoms with van der Waals surface area (Å²) in [6, 6.07) is 4.22. The SMILES string of the molecule is CC(C)CCc1ccc(C(C)(C)C)o1. The van der Waals surface area contributed by atoms with Crippen molar-refractivity contribution in [3.63, 3.8) is 0 Å². The Hall–Kier alpha value is -0.720. The smallest absolute Gasteiger partial charge is 0.109 e. The molecule has 0 spiro atoms. The predicted molar refractivity (Wildman–Crippen MR) is 60.6 cm³/mol. The lowest BCUT2D eigenvalue weighted by Gasteiger charge is -2.14. The average molecular weight is 194 g/mol. The molecule has 0 aliphatic carbocycles. The first kappa shape index (κ1) is 11.4. The summed E-state index contributed by atoms with van der Waals surface area (Å²) >= 11 is 0. The summed E-state index contributed by atoms with van der Waals surface area (Å²) in [6.45, 7) is 11.0. The number of hydrogen-bond acceptors (Lipinski definition) is 1. The van der Waals surface area contributed by atoms with Crippen LogP contribution in [-0.4, -0.2) is 0 Å². The maximum absolute atomic E-state index is 5.80. The van der Waals surface area contributed by atoms with Crippen LogP contribution in [0.15, 0.2) is 16.5 Å². The van der Waals surface area contributed by atoms with Crippen molar-refractivity contribution in [2.45, 2.75) is 52.9 Å². The van der Waals surface area contributed by atoms with Gasteiger partial charge in [-0.25, -0.2) is 0 Å². The second kappa shape index (κ2) is 4.20. The van der Waals surface area contributed by atoms with Crippen molar-refractivity contribution in [2.24, 2.45) is 5.92 Å². The van der Waals surface area contributed by atoms with E-state index in [0.717, 1.165) is 23.9 Å². The molecule has 1 aromatic rings. The Morgan fingerprint density at radius 3 is 2.29 bits per heavy atom. The highest BCUT2D eigenvalue weighted by molar-refractivity contribution is 5.14. The zero-order valence-electron chi connectivity index (χ0n) is 10.1. The normalized spacial score (nSPS) is 12.4. The van der Waals surface area contributed by atoms with Gasteiger partial charge < -0.3 is 4.42 Å². The molecule has 0 bridgehead atoms. The van der Waals surface area contributed by atoms with E-state index in [0.29, 0.717) is 0 Å². The Bertz CT molecular complexity index is 276. The molecule has 1 rings (SSSR count). The molecule has 0 saturated carbocycles. The predicted octanol–water partition coefficient (Wildman–Crippen LogP) is 4.17. The lowest BCUT2D eigenvalue weighted by molar-refractivity contribution is 0.379. The van der Waals surface area contributed by atoms with Gasteiger partial charge in [-0.3, -0.25) is 0 Å². The molecule has 0 aromatic carbocycles. The van der Waals surface area contributed by atoms with Crippen LogP contribution in [0.4, 0.5) is 0 Å². The van der Waals surface area contributed by atoms with Gasteiger partial charge in [-0.1, -0.05) is 34.6 Å². The van der Waals surface area contributed by atoms with E-state index in [9.17, 15) is 0 Å². The van der Waals surface area contributed by atoms with E-state index in [4.69, 9.17) is 4.42 Å². The highest BCUT2D eigenvalue weighted by Gasteiger charge is 2.17. The summed E-state index contributed by atoms with van der Waals surface area (Å²) in [6.07, 6.45) is 2.27. The van der Waals surface area contributed by atoms with Crippen LogP contribution in [0.3, 0.4) is 0 Å². The Kier molecular flexibility index (Phi) is 3.41. The van der Waals surface area contributed by atoms with Crippen LogP contribution in [0.1, 0.15) is 52.6 Å². The van der Waals surface area contributed by atoms with Crippen molar-refractivity contribution in [1.82, 2.24) is 0 Å². The fraction of sp³-hybridized carbons (Fsp3) is 0.692. The fourth-order valence-electron chi connectivity index (χ4n) is 1.35. The topological polar surface area (TPSA) is 13.1 Å². The Morgan fingerprint density at radius 2 is 1.86 bits per heavy atom. The van der Waals surface area contributed by atoms with Gasteiger partial charge in [0, 0.05) is 11.8 Å². The van der Waals surface area contributed by atoms with Crippen molar-refractivity contribution in [2.75, 3.05) is 0 Å². The molecule has 0 aliphatic rings. The molecule has 0 saturated heterocycles. The summed E-state index contributed by atoms with van der Waals surface area (Å²) in [5.74, 6) is 2.97. The van der Waals surface area contributed by atoms with E-state index in [1.165, 1.54) is 6.42 Å². The molecule has 80 valence electrons. The van der Waals surface area contributed by atoms with E-state index >= 15 is 0 Å². The van der Waals surface area contributed by atoms with Gasteiger partial charge in [0.05, 0.1) is 0 Å². The van der Waals surface area contributed by atoms with Gasteiger partial charge in [0.2, 0.25) is 0 Å². The molecule has 0 amide bonds. The molecule has 0 aliphatic heterocycles. The lowest BCUT2D eigenvalue weighted by Crippen LogP contribution is -2.09. The van der Waals surface area contributed by atoms with Gasteiger partial charge in [-0.05, 0) is 24.5 Å². The van der Waals surface area contributed by atoms with Crippen LogP contribution in [0.2, 0.25) is 0 Å². The van der Waals surface area contributed by atoms with Crippen LogP contribution in [0, 0.1) is 5.92 Å². The fourth-order valence-corrected chi connectivity index (χ4v) is 1.35. The number of furan rings is 1. The molecule has 0 fully saturated rings. The highest BCUT2D eigenvalue weighted by Crippen LogP contribution is 2.25. The summed E-state index contributed by atoms with van der Waals surface area (Å²) < 4.78 is 5.80.